The summed E-state index contributed by atoms with van der Waals surface area (Å²) in [5.74, 6) is 0.0772. The molecule has 2 aromatic carbocycles. The lowest BCUT2D eigenvalue weighted by atomic mass is 9.97. The molecule has 0 spiro atoms. The second-order valence-corrected chi connectivity index (χ2v) is 5.36. The Kier molecular flexibility index (Phi) is 3.89. The van der Waals surface area contributed by atoms with Crippen LogP contribution in [0.2, 0.25) is 0 Å². The number of methoxy groups -OCH3 is 1. The molecule has 1 aliphatic heterocycles. The number of carbonyl (C=O) groups excluding carboxylic acids is 1. The van der Waals surface area contributed by atoms with Crippen LogP contribution in [0.4, 0.5) is 13.2 Å². The number of ether oxygens (including phenoxy) is 1. The standard InChI is InChI=1S/C16H15F3N2O2/c1-23-11-6-5-10-3-2-4-12(13(10)9-11)15(16(17,18)19)21-8-7-14(22)20-21/h2-6,9,15H,7-8H2,1H3,(H,20,22)/t15-/m0/s1. The molecule has 0 aromatic heterocycles. The van der Waals surface area contributed by atoms with Crippen molar-refractivity contribution in [3.8, 4) is 5.75 Å². The number of hydrogen-bond donors (Lipinski definition) is 1. The molecular formula is C16H15F3N2O2. The van der Waals surface area contributed by atoms with Crippen molar-refractivity contribution in [3.05, 3.63) is 42.0 Å². The summed E-state index contributed by atoms with van der Waals surface area (Å²) >= 11 is 0. The summed E-state index contributed by atoms with van der Waals surface area (Å²) in [5, 5.41) is 2.09. The number of hydrogen-bond acceptors (Lipinski definition) is 3. The summed E-state index contributed by atoms with van der Waals surface area (Å²) in [4.78, 5) is 11.3. The fourth-order valence-corrected chi connectivity index (χ4v) is 2.85. The van der Waals surface area contributed by atoms with Crippen LogP contribution >= 0.6 is 0 Å². The molecule has 1 saturated heterocycles. The van der Waals surface area contributed by atoms with Crippen LogP contribution in [0.1, 0.15) is 18.0 Å². The summed E-state index contributed by atoms with van der Waals surface area (Å²) in [5.41, 5.74) is 2.39. The SMILES string of the molecule is COc1ccc2cccc([C@H](N3CCC(=O)N3)C(F)(F)F)c2c1. The summed E-state index contributed by atoms with van der Waals surface area (Å²) in [6.07, 6.45) is -4.46. The Bertz CT molecular complexity index is 746. The van der Waals surface area contributed by atoms with Gasteiger partial charge in [0.05, 0.1) is 7.11 Å². The molecule has 23 heavy (non-hydrogen) atoms. The van der Waals surface area contributed by atoms with E-state index in [9.17, 15) is 18.0 Å². The zero-order valence-electron chi connectivity index (χ0n) is 12.4. The minimum atomic E-state index is -4.52. The quantitative estimate of drug-likeness (QED) is 0.943. The van der Waals surface area contributed by atoms with E-state index in [-0.39, 0.29) is 18.5 Å². The molecule has 0 unspecified atom stereocenters. The molecule has 1 atom stereocenters. The Morgan fingerprint density at radius 2 is 2.04 bits per heavy atom. The molecule has 1 aliphatic rings. The molecule has 3 rings (SSSR count). The van der Waals surface area contributed by atoms with Gasteiger partial charge in [0.2, 0.25) is 5.91 Å². The van der Waals surface area contributed by atoms with Crippen molar-refractivity contribution in [2.24, 2.45) is 0 Å². The number of rotatable bonds is 3. The van der Waals surface area contributed by atoms with Gasteiger partial charge in [0, 0.05) is 13.0 Å². The van der Waals surface area contributed by atoms with Gasteiger partial charge in [0.15, 0.2) is 6.04 Å². The van der Waals surface area contributed by atoms with Gasteiger partial charge in [0.1, 0.15) is 5.75 Å². The Balaban J connectivity index is 2.15. The average Bonchev–Trinajstić information content (AvgIpc) is 2.92. The summed E-state index contributed by atoms with van der Waals surface area (Å²) < 4.78 is 46.1. The first-order chi connectivity index (χ1) is 10.9. The molecule has 4 nitrogen and oxygen atoms in total. The van der Waals surface area contributed by atoms with E-state index in [1.54, 1.807) is 30.3 Å². The Morgan fingerprint density at radius 1 is 1.26 bits per heavy atom. The van der Waals surface area contributed by atoms with Crippen LogP contribution in [0.3, 0.4) is 0 Å². The third-order valence-electron chi connectivity index (χ3n) is 3.89. The molecule has 1 fully saturated rings. The predicted octanol–water partition coefficient (Wildman–Crippen LogP) is 3.19. The maximum Gasteiger partial charge on any atom is 0.409 e. The van der Waals surface area contributed by atoms with Gasteiger partial charge in [-0.3, -0.25) is 10.2 Å². The van der Waals surface area contributed by atoms with Crippen molar-refractivity contribution >= 4 is 16.7 Å². The lowest BCUT2D eigenvalue weighted by molar-refractivity contribution is -0.190. The van der Waals surface area contributed by atoms with Gasteiger partial charge in [-0.1, -0.05) is 24.3 Å². The van der Waals surface area contributed by atoms with Gasteiger partial charge in [-0.2, -0.15) is 13.2 Å². The Labute approximate surface area is 130 Å². The molecule has 2 aromatic rings. The van der Waals surface area contributed by atoms with Crippen LogP contribution < -0.4 is 10.2 Å². The van der Waals surface area contributed by atoms with Gasteiger partial charge >= 0.3 is 6.18 Å². The van der Waals surface area contributed by atoms with Gasteiger partial charge in [-0.25, -0.2) is 5.01 Å². The molecule has 0 radical (unpaired) electrons. The van der Waals surface area contributed by atoms with E-state index >= 15 is 0 Å². The topological polar surface area (TPSA) is 41.6 Å². The zero-order valence-corrected chi connectivity index (χ0v) is 12.4. The summed E-state index contributed by atoms with van der Waals surface area (Å²) in [6, 6.07) is 7.87. The minimum Gasteiger partial charge on any atom is -0.497 e. The third kappa shape index (κ3) is 2.96. The van der Waals surface area contributed by atoms with Crippen LogP contribution in [0.15, 0.2) is 36.4 Å². The van der Waals surface area contributed by atoms with Crippen LogP contribution in [-0.4, -0.2) is 30.7 Å². The number of hydrazine groups is 1. The molecule has 0 bridgehead atoms. The largest absolute Gasteiger partial charge is 0.497 e. The summed E-state index contributed by atoms with van der Waals surface area (Å²) in [6.45, 7) is 0.0172. The number of carbonyl (C=O) groups is 1. The Morgan fingerprint density at radius 3 is 2.65 bits per heavy atom. The molecule has 1 amide bonds. The van der Waals surface area contributed by atoms with Gasteiger partial charge in [-0.15, -0.1) is 0 Å². The second-order valence-electron chi connectivity index (χ2n) is 5.36. The van der Waals surface area contributed by atoms with Gasteiger partial charge < -0.3 is 4.74 Å². The first kappa shape index (κ1) is 15.6. The first-order valence-corrected chi connectivity index (χ1v) is 7.09. The van der Waals surface area contributed by atoms with E-state index in [1.807, 2.05) is 0 Å². The predicted molar refractivity (Wildman–Crippen MR) is 78.8 cm³/mol. The monoisotopic (exact) mass is 324 g/mol. The molecule has 7 heteroatoms. The summed E-state index contributed by atoms with van der Waals surface area (Å²) in [7, 11) is 1.46. The number of benzene rings is 2. The van der Waals surface area contributed by atoms with Crippen molar-refractivity contribution in [1.82, 2.24) is 10.4 Å². The number of nitrogens with one attached hydrogen (secondary N) is 1. The van der Waals surface area contributed by atoms with Crippen molar-refractivity contribution in [2.75, 3.05) is 13.7 Å². The Hall–Kier alpha value is -2.28. The van der Waals surface area contributed by atoms with Gasteiger partial charge in [-0.05, 0) is 28.5 Å². The number of alkyl halides is 3. The van der Waals surface area contributed by atoms with E-state index in [0.29, 0.717) is 16.5 Å². The number of amides is 1. The first-order valence-electron chi connectivity index (χ1n) is 7.09. The van der Waals surface area contributed by atoms with Crippen LogP contribution in [0.25, 0.3) is 10.8 Å². The van der Waals surface area contributed by atoms with E-state index in [1.165, 1.54) is 13.2 Å². The number of fused-ring (bicyclic) bond motifs is 1. The normalized spacial score (nSPS) is 17.3. The van der Waals surface area contributed by atoms with Crippen molar-refractivity contribution < 1.29 is 22.7 Å². The lowest BCUT2D eigenvalue weighted by Crippen LogP contribution is -2.43. The maximum atomic E-state index is 13.7. The van der Waals surface area contributed by atoms with Crippen LogP contribution in [-0.2, 0) is 4.79 Å². The fraction of sp³-hybridized carbons (Fsp3) is 0.312. The second kappa shape index (κ2) is 5.73. The van der Waals surface area contributed by atoms with Crippen molar-refractivity contribution in [1.29, 1.82) is 0 Å². The van der Waals surface area contributed by atoms with E-state index in [0.717, 1.165) is 5.01 Å². The van der Waals surface area contributed by atoms with E-state index < -0.39 is 18.1 Å². The lowest BCUT2D eigenvalue weighted by Gasteiger charge is -2.30. The highest BCUT2D eigenvalue weighted by atomic mass is 19.4. The maximum absolute atomic E-state index is 13.7. The molecule has 0 aliphatic carbocycles. The number of nitrogens with zero attached hydrogens (tertiary/aromatic N) is 1. The molecular weight excluding hydrogens is 309 g/mol. The smallest absolute Gasteiger partial charge is 0.409 e. The minimum absolute atomic E-state index is 0.0172. The molecule has 0 saturated carbocycles. The fourth-order valence-electron chi connectivity index (χ4n) is 2.85. The number of halogens is 3. The van der Waals surface area contributed by atoms with Crippen molar-refractivity contribution in [2.45, 2.75) is 18.6 Å². The van der Waals surface area contributed by atoms with Crippen LogP contribution in [0, 0.1) is 0 Å². The highest BCUT2D eigenvalue weighted by Gasteiger charge is 2.47. The molecule has 122 valence electrons. The van der Waals surface area contributed by atoms with Crippen LogP contribution in [0.5, 0.6) is 5.75 Å². The highest BCUT2D eigenvalue weighted by Crippen LogP contribution is 2.41. The zero-order chi connectivity index (χ0) is 16.6. The molecule has 1 N–H and O–H groups in total. The van der Waals surface area contributed by atoms with E-state index in [4.69, 9.17) is 4.74 Å². The van der Waals surface area contributed by atoms with Crippen molar-refractivity contribution in [3.63, 3.8) is 0 Å². The third-order valence-corrected chi connectivity index (χ3v) is 3.89. The van der Waals surface area contributed by atoms with E-state index in [2.05, 4.69) is 5.43 Å². The average molecular weight is 324 g/mol. The molecule has 1 heterocycles. The van der Waals surface area contributed by atoms with Gasteiger partial charge in [0.25, 0.3) is 0 Å². The highest BCUT2D eigenvalue weighted by molar-refractivity contribution is 5.87.